The standard InChI is InChI=1S/C47H41FN4/c1-46(2,3)34-20-25-37-38-26-21-35(47(4,5)6)29-42(38)52(41(37)28-34)40-27-33(30-17-22-36(48)23-18-30)19-24-39(40)45-50-43(31-13-9-7-10-14-31)49-44(51-45)32-15-11-8-12-16-32/h7-29H,1-6H3. The maximum Gasteiger partial charge on any atom is 0.166 e. The monoisotopic (exact) mass is 680 g/mol. The highest BCUT2D eigenvalue weighted by Gasteiger charge is 2.24. The fourth-order valence-electron chi connectivity index (χ4n) is 6.87. The van der Waals surface area contributed by atoms with Gasteiger partial charge >= 0.3 is 0 Å². The summed E-state index contributed by atoms with van der Waals surface area (Å²) in [5.74, 6) is 1.51. The maximum atomic E-state index is 14.1. The topological polar surface area (TPSA) is 43.6 Å². The van der Waals surface area contributed by atoms with Crippen LogP contribution in [0.1, 0.15) is 52.7 Å². The third-order valence-corrected chi connectivity index (χ3v) is 9.86. The second-order valence-corrected chi connectivity index (χ2v) is 15.6. The Morgan fingerprint density at radius 1 is 0.442 bits per heavy atom. The van der Waals surface area contributed by atoms with Crippen LogP contribution in [0.5, 0.6) is 0 Å². The van der Waals surface area contributed by atoms with Crippen molar-refractivity contribution in [2.24, 2.45) is 0 Å². The SMILES string of the molecule is CC(C)(C)c1ccc2c3ccc(C(C)(C)C)cc3n(-c3cc(-c4ccc(F)cc4)ccc3-c3nc(-c4ccccc4)nc(-c4ccccc4)n3)c2c1. The van der Waals surface area contributed by atoms with Crippen LogP contribution in [0.2, 0.25) is 0 Å². The Balaban J connectivity index is 1.49. The average Bonchev–Trinajstić information content (AvgIpc) is 3.48. The van der Waals surface area contributed by atoms with Gasteiger partial charge in [-0.3, -0.25) is 0 Å². The number of rotatable bonds is 5. The molecule has 256 valence electrons. The summed E-state index contributed by atoms with van der Waals surface area (Å²) in [7, 11) is 0. The van der Waals surface area contributed by atoms with Crippen LogP contribution < -0.4 is 0 Å². The number of halogens is 1. The summed E-state index contributed by atoms with van der Waals surface area (Å²) in [6.45, 7) is 13.5. The lowest BCUT2D eigenvalue weighted by Gasteiger charge is -2.21. The molecule has 8 rings (SSSR count). The zero-order chi connectivity index (χ0) is 36.2. The Hall–Kier alpha value is -5.94. The Morgan fingerprint density at radius 3 is 1.38 bits per heavy atom. The average molecular weight is 681 g/mol. The van der Waals surface area contributed by atoms with Crippen LogP contribution in [0, 0.1) is 5.82 Å². The molecule has 0 bridgehead atoms. The van der Waals surface area contributed by atoms with Crippen molar-refractivity contribution in [3.63, 3.8) is 0 Å². The lowest BCUT2D eigenvalue weighted by atomic mass is 9.86. The molecule has 0 aliphatic carbocycles. The van der Waals surface area contributed by atoms with Gasteiger partial charge in [-0.25, -0.2) is 19.3 Å². The van der Waals surface area contributed by atoms with Crippen LogP contribution in [0.25, 0.3) is 72.8 Å². The van der Waals surface area contributed by atoms with Gasteiger partial charge in [0.1, 0.15) is 5.82 Å². The van der Waals surface area contributed by atoms with Crippen molar-refractivity contribution in [1.29, 1.82) is 0 Å². The van der Waals surface area contributed by atoms with Gasteiger partial charge in [0.15, 0.2) is 17.5 Å². The Bertz CT molecular complexity index is 2440. The van der Waals surface area contributed by atoms with Crippen LogP contribution in [0.4, 0.5) is 4.39 Å². The van der Waals surface area contributed by atoms with Crippen molar-refractivity contribution in [1.82, 2.24) is 19.5 Å². The second kappa shape index (κ2) is 12.7. The van der Waals surface area contributed by atoms with Gasteiger partial charge in [0.2, 0.25) is 0 Å². The number of hydrogen-bond donors (Lipinski definition) is 0. The van der Waals surface area contributed by atoms with Crippen LogP contribution in [0.15, 0.2) is 140 Å². The minimum Gasteiger partial charge on any atom is -0.308 e. The number of fused-ring (bicyclic) bond motifs is 3. The third-order valence-electron chi connectivity index (χ3n) is 9.86. The molecule has 2 aromatic heterocycles. The number of nitrogens with zero attached hydrogens (tertiary/aromatic N) is 4. The normalized spacial score (nSPS) is 12.1. The maximum absolute atomic E-state index is 14.1. The van der Waals surface area contributed by atoms with Crippen molar-refractivity contribution in [3.05, 3.63) is 156 Å². The summed E-state index contributed by atoms with van der Waals surface area (Å²) in [6, 6.07) is 46.9. The van der Waals surface area contributed by atoms with E-state index < -0.39 is 0 Å². The fraction of sp³-hybridized carbons (Fsp3) is 0.170. The Labute approximate surface area is 304 Å². The van der Waals surface area contributed by atoms with E-state index in [2.05, 4.69) is 101 Å². The zero-order valence-corrected chi connectivity index (χ0v) is 30.4. The van der Waals surface area contributed by atoms with E-state index in [0.717, 1.165) is 44.5 Å². The molecule has 5 heteroatoms. The quantitative estimate of drug-likeness (QED) is 0.182. The van der Waals surface area contributed by atoms with Crippen LogP contribution in [0.3, 0.4) is 0 Å². The molecule has 0 radical (unpaired) electrons. The molecule has 0 saturated carbocycles. The van der Waals surface area contributed by atoms with Gasteiger partial charge in [-0.05, 0) is 69.5 Å². The smallest absolute Gasteiger partial charge is 0.166 e. The molecule has 0 atom stereocenters. The van der Waals surface area contributed by atoms with Crippen LogP contribution >= 0.6 is 0 Å². The first-order valence-electron chi connectivity index (χ1n) is 17.8. The van der Waals surface area contributed by atoms with E-state index in [1.807, 2.05) is 72.8 Å². The molecule has 0 aliphatic heterocycles. The van der Waals surface area contributed by atoms with E-state index >= 15 is 0 Å². The number of hydrogen-bond acceptors (Lipinski definition) is 3. The summed E-state index contributed by atoms with van der Waals surface area (Å²) in [6.07, 6.45) is 0. The van der Waals surface area contributed by atoms with Crippen molar-refractivity contribution < 1.29 is 4.39 Å². The van der Waals surface area contributed by atoms with E-state index in [1.54, 1.807) is 0 Å². The Morgan fingerprint density at radius 2 is 0.904 bits per heavy atom. The molecular formula is C47H41FN4. The van der Waals surface area contributed by atoms with Crippen molar-refractivity contribution in [2.75, 3.05) is 0 Å². The van der Waals surface area contributed by atoms with E-state index in [-0.39, 0.29) is 16.6 Å². The highest BCUT2D eigenvalue weighted by Crippen LogP contribution is 2.41. The lowest BCUT2D eigenvalue weighted by Crippen LogP contribution is -2.11. The van der Waals surface area contributed by atoms with Crippen LogP contribution in [-0.2, 0) is 10.8 Å². The summed E-state index contributed by atoms with van der Waals surface area (Å²) in [4.78, 5) is 15.3. The summed E-state index contributed by atoms with van der Waals surface area (Å²) >= 11 is 0. The van der Waals surface area contributed by atoms with Crippen molar-refractivity contribution in [2.45, 2.75) is 52.4 Å². The van der Waals surface area contributed by atoms with Crippen molar-refractivity contribution in [3.8, 4) is 51.0 Å². The van der Waals surface area contributed by atoms with Gasteiger partial charge in [-0.15, -0.1) is 0 Å². The predicted molar refractivity (Wildman–Crippen MR) is 213 cm³/mol. The zero-order valence-electron chi connectivity index (χ0n) is 30.4. The third kappa shape index (κ3) is 6.17. The minimum absolute atomic E-state index is 0.0613. The van der Waals surface area contributed by atoms with Gasteiger partial charge in [0.25, 0.3) is 0 Å². The largest absolute Gasteiger partial charge is 0.308 e. The molecule has 2 heterocycles. The van der Waals surface area contributed by atoms with E-state index in [9.17, 15) is 4.39 Å². The molecule has 4 nitrogen and oxygen atoms in total. The van der Waals surface area contributed by atoms with Gasteiger partial charge < -0.3 is 4.57 Å². The first-order valence-corrected chi connectivity index (χ1v) is 17.8. The fourth-order valence-corrected chi connectivity index (χ4v) is 6.87. The molecule has 0 unspecified atom stereocenters. The molecule has 0 amide bonds. The van der Waals surface area contributed by atoms with E-state index in [1.165, 1.54) is 34.0 Å². The molecule has 6 aromatic carbocycles. The molecule has 0 N–H and O–H groups in total. The lowest BCUT2D eigenvalue weighted by molar-refractivity contribution is 0.591. The molecule has 52 heavy (non-hydrogen) atoms. The highest BCUT2D eigenvalue weighted by atomic mass is 19.1. The summed E-state index contributed by atoms with van der Waals surface area (Å²) < 4.78 is 16.5. The second-order valence-electron chi connectivity index (χ2n) is 15.6. The van der Waals surface area contributed by atoms with Gasteiger partial charge in [0, 0.05) is 27.5 Å². The predicted octanol–water partition coefficient (Wildman–Crippen LogP) is 12.4. The van der Waals surface area contributed by atoms with Crippen molar-refractivity contribution >= 4 is 21.8 Å². The van der Waals surface area contributed by atoms with Gasteiger partial charge in [-0.2, -0.15) is 0 Å². The summed E-state index contributed by atoms with van der Waals surface area (Å²) in [5.41, 5.74) is 10.1. The molecule has 0 saturated heterocycles. The summed E-state index contributed by atoms with van der Waals surface area (Å²) in [5, 5.41) is 2.35. The first kappa shape index (κ1) is 33.2. The molecule has 0 aliphatic rings. The van der Waals surface area contributed by atoms with Gasteiger partial charge in [-0.1, -0.05) is 145 Å². The number of aromatic nitrogens is 4. The molecule has 8 aromatic rings. The van der Waals surface area contributed by atoms with Crippen LogP contribution in [-0.4, -0.2) is 19.5 Å². The molecule has 0 fully saturated rings. The van der Waals surface area contributed by atoms with Gasteiger partial charge in [0.05, 0.1) is 16.7 Å². The van der Waals surface area contributed by atoms with E-state index in [4.69, 9.17) is 15.0 Å². The van der Waals surface area contributed by atoms with E-state index in [0.29, 0.717) is 17.5 Å². The molecule has 0 spiro atoms. The number of benzene rings is 6. The molecular weight excluding hydrogens is 640 g/mol. The highest BCUT2D eigenvalue weighted by molar-refractivity contribution is 6.10. The minimum atomic E-state index is -0.264. The first-order chi connectivity index (χ1) is 24.9. The Kier molecular flexibility index (Phi) is 8.10.